The highest BCUT2D eigenvalue weighted by atomic mass is 35.5. The second kappa shape index (κ2) is 7.64. The molecule has 2 unspecified atom stereocenters. The Labute approximate surface area is 185 Å². The molecule has 152 valence electrons. The molecular weight excluding hydrogens is 440 g/mol. The molecule has 1 aliphatic rings. The number of halogens is 1. The van der Waals surface area contributed by atoms with Crippen LogP contribution in [0.1, 0.15) is 30.7 Å². The number of hydrogen-bond donors (Lipinski definition) is 1. The molecule has 0 radical (unpaired) electrons. The van der Waals surface area contributed by atoms with E-state index in [0.29, 0.717) is 15.8 Å². The average Bonchev–Trinajstić information content (AvgIpc) is 3.33. The molecule has 4 heterocycles. The van der Waals surface area contributed by atoms with Gasteiger partial charge in [-0.05, 0) is 25.5 Å². The lowest BCUT2D eigenvalue weighted by molar-refractivity contribution is -0.116. The van der Waals surface area contributed by atoms with Crippen molar-refractivity contribution in [1.82, 2.24) is 24.7 Å². The number of thioether (sulfide) groups is 1. The maximum absolute atomic E-state index is 13.1. The van der Waals surface area contributed by atoms with Crippen LogP contribution in [0.4, 0.5) is 5.13 Å². The summed E-state index contributed by atoms with van der Waals surface area (Å²) in [5, 5.41) is 12.2. The Morgan fingerprint density at radius 1 is 1.30 bits per heavy atom. The number of nitrogens with one attached hydrogen (secondary N) is 1. The molecule has 0 aliphatic carbocycles. The first-order chi connectivity index (χ1) is 14.6. The van der Waals surface area contributed by atoms with E-state index in [0.717, 1.165) is 33.9 Å². The van der Waals surface area contributed by atoms with Crippen molar-refractivity contribution in [2.24, 2.45) is 0 Å². The molecule has 0 fully saturated rings. The van der Waals surface area contributed by atoms with Gasteiger partial charge in [-0.25, -0.2) is 19.6 Å². The zero-order chi connectivity index (χ0) is 20.8. The van der Waals surface area contributed by atoms with E-state index in [1.807, 2.05) is 36.6 Å². The zero-order valence-electron chi connectivity index (χ0n) is 16.2. The topological polar surface area (TPSA) is 85.6 Å². The average molecular weight is 457 g/mol. The van der Waals surface area contributed by atoms with E-state index in [2.05, 4.69) is 27.2 Å². The van der Waals surface area contributed by atoms with Crippen molar-refractivity contribution in [3.8, 4) is 5.69 Å². The van der Waals surface area contributed by atoms with Gasteiger partial charge in [-0.15, -0.1) is 11.3 Å². The van der Waals surface area contributed by atoms with Gasteiger partial charge in [-0.1, -0.05) is 42.4 Å². The highest BCUT2D eigenvalue weighted by Crippen LogP contribution is 2.46. The van der Waals surface area contributed by atoms with Crippen LogP contribution in [0, 0.1) is 6.92 Å². The van der Waals surface area contributed by atoms with Crippen LogP contribution in [-0.2, 0) is 4.79 Å². The summed E-state index contributed by atoms with van der Waals surface area (Å²) >= 11 is 9.31. The van der Waals surface area contributed by atoms with E-state index in [9.17, 15) is 4.79 Å². The molecule has 1 aliphatic heterocycles. The van der Waals surface area contributed by atoms with Crippen molar-refractivity contribution < 1.29 is 4.79 Å². The van der Waals surface area contributed by atoms with Gasteiger partial charge in [0.2, 0.25) is 5.91 Å². The van der Waals surface area contributed by atoms with Crippen molar-refractivity contribution in [2.75, 3.05) is 5.32 Å². The Morgan fingerprint density at radius 2 is 2.13 bits per heavy atom. The fourth-order valence-corrected chi connectivity index (χ4v) is 5.89. The quantitative estimate of drug-likeness (QED) is 0.442. The highest BCUT2D eigenvalue weighted by molar-refractivity contribution is 8.00. The summed E-state index contributed by atoms with van der Waals surface area (Å²) in [5.41, 5.74) is 3.17. The highest BCUT2D eigenvalue weighted by Gasteiger charge is 2.39. The Hall–Kier alpha value is -2.49. The Balaban J connectivity index is 1.59. The van der Waals surface area contributed by atoms with Gasteiger partial charge in [0, 0.05) is 11.3 Å². The third kappa shape index (κ3) is 3.17. The SMILES string of the molecule is CCC1c2nn(-c3ccccc3Cl)c3ncnc(c23)SC1C(=O)Nc1nc(C)cs1. The lowest BCUT2D eigenvalue weighted by Gasteiger charge is -2.27. The molecule has 30 heavy (non-hydrogen) atoms. The number of thiazole rings is 1. The van der Waals surface area contributed by atoms with Crippen LogP contribution < -0.4 is 5.32 Å². The minimum atomic E-state index is -0.362. The lowest BCUT2D eigenvalue weighted by atomic mass is 9.95. The monoisotopic (exact) mass is 456 g/mol. The number of anilines is 1. The van der Waals surface area contributed by atoms with Crippen LogP contribution in [0.15, 0.2) is 41.0 Å². The number of rotatable bonds is 4. The molecule has 10 heteroatoms. The van der Waals surface area contributed by atoms with Gasteiger partial charge in [0.15, 0.2) is 10.8 Å². The number of nitrogens with zero attached hydrogens (tertiary/aromatic N) is 5. The van der Waals surface area contributed by atoms with E-state index in [1.165, 1.54) is 29.4 Å². The number of aromatic nitrogens is 5. The molecule has 5 rings (SSSR count). The number of aryl methyl sites for hydroxylation is 1. The van der Waals surface area contributed by atoms with Gasteiger partial charge in [0.05, 0.1) is 32.7 Å². The van der Waals surface area contributed by atoms with Crippen LogP contribution in [0.25, 0.3) is 16.7 Å². The van der Waals surface area contributed by atoms with Crippen LogP contribution in [0.2, 0.25) is 5.02 Å². The minimum Gasteiger partial charge on any atom is -0.301 e. The van der Waals surface area contributed by atoms with Crippen molar-refractivity contribution >= 4 is 56.8 Å². The summed E-state index contributed by atoms with van der Waals surface area (Å²) in [5.74, 6) is -0.174. The van der Waals surface area contributed by atoms with Crippen molar-refractivity contribution in [3.05, 3.63) is 52.4 Å². The van der Waals surface area contributed by atoms with Gasteiger partial charge in [-0.3, -0.25) is 4.79 Å². The predicted molar refractivity (Wildman–Crippen MR) is 120 cm³/mol. The van der Waals surface area contributed by atoms with E-state index in [4.69, 9.17) is 16.7 Å². The van der Waals surface area contributed by atoms with E-state index in [-0.39, 0.29) is 17.1 Å². The molecule has 1 N–H and O–H groups in total. The van der Waals surface area contributed by atoms with Crippen molar-refractivity contribution in [1.29, 1.82) is 0 Å². The number of carbonyl (C=O) groups is 1. The Bertz CT molecular complexity index is 1270. The Morgan fingerprint density at radius 3 is 2.87 bits per heavy atom. The summed E-state index contributed by atoms with van der Waals surface area (Å²) in [4.78, 5) is 26.4. The van der Waals surface area contributed by atoms with Gasteiger partial charge >= 0.3 is 0 Å². The van der Waals surface area contributed by atoms with Crippen LogP contribution >= 0.6 is 34.7 Å². The molecule has 3 aromatic heterocycles. The summed E-state index contributed by atoms with van der Waals surface area (Å²) in [6, 6.07) is 7.52. The molecule has 4 aromatic rings. The number of amides is 1. The molecule has 0 saturated carbocycles. The first kappa shape index (κ1) is 19.5. The first-order valence-corrected chi connectivity index (χ1v) is 11.6. The minimum absolute atomic E-state index is 0.0826. The number of hydrogen-bond acceptors (Lipinski definition) is 7. The molecular formula is C20H17ClN6OS2. The number of para-hydroxylation sites is 1. The fourth-order valence-electron chi connectivity index (χ4n) is 3.67. The molecule has 1 amide bonds. The maximum atomic E-state index is 13.1. The van der Waals surface area contributed by atoms with E-state index in [1.54, 1.807) is 4.68 Å². The van der Waals surface area contributed by atoms with Crippen LogP contribution in [0.3, 0.4) is 0 Å². The van der Waals surface area contributed by atoms with E-state index < -0.39 is 0 Å². The standard InChI is InChI=1S/C20H17ClN6OS2/c1-3-11-15-14-17(27(26-15)13-7-5-4-6-12(13)21)22-9-23-19(14)30-16(11)18(28)25-20-24-10(2)8-29-20/h4-9,11,16H,3H2,1-2H3,(H,24,25,28). The number of carbonyl (C=O) groups excluding carboxylic acids is 1. The van der Waals surface area contributed by atoms with Gasteiger partial charge in [-0.2, -0.15) is 5.10 Å². The normalized spacial score (nSPS) is 18.0. The first-order valence-electron chi connectivity index (χ1n) is 9.45. The van der Waals surface area contributed by atoms with Gasteiger partial charge in [0.1, 0.15) is 11.4 Å². The summed E-state index contributed by atoms with van der Waals surface area (Å²) < 4.78 is 1.76. The second-order valence-electron chi connectivity index (χ2n) is 6.96. The van der Waals surface area contributed by atoms with Crippen LogP contribution in [-0.4, -0.2) is 35.9 Å². The third-order valence-electron chi connectivity index (χ3n) is 5.04. The smallest absolute Gasteiger partial charge is 0.240 e. The summed E-state index contributed by atoms with van der Waals surface area (Å²) in [6.45, 7) is 3.97. The largest absolute Gasteiger partial charge is 0.301 e. The second-order valence-corrected chi connectivity index (χ2v) is 9.36. The summed E-state index contributed by atoms with van der Waals surface area (Å²) in [7, 11) is 0. The molecule has 0 spiro atoms. The van der Waals surface area contributed by atoms with Gasteiger partial charge < -0.3 is 5.32 Å². The number of benzene rings is 1. The predicted octanol–water partition coefficient (Wildman–Crippen LogP) is 4.84. The molecule has 1 aromatic carbocycles. The van der Waals surface area contributed by atoms with Crippen molar-refractivity contribution in [3.63, 3.8) is 0 Å². The maximum Gasteiger partial charge on any atom is 0.240 e. The molecule has 0 saturated heterocycles. The summed E-state index contributed by atoms with van der Waals surface area (Å²) in [6.07, 6.45) is 2.26. The fraction of sp³-hybridized carbons (Fsp3) is 0.250. The van der Waals surface area contributed by atoms with E-state index >= 15 is 0 Å². The van der Waals surface area contributed by atoms with Gasteiger partial charge in [0.25, 0.3) is 0 Å². The zero-order valence-corrected chi connectivity index (χ0v) is 18.6. The molecule has 7 nitrogen and oxygen atoms in total. The molecule has 2 atom stereocenters. The molecule has 0 bridgehead atoms. The van der Waals surface area contributed by atoms with Crippen molar-refractivity contribution in [2.45, 2.75) is 36.5 Å². The lowest BCUT2D eigenvalue weighted by Crippen LogP contribution is -2.32. The Kier molecular flexibility index (Phi) is 4.96. The van der Waals surface area contributed by atoms with Crippen LogP contribution in [0.5, 0.6) is 0 Å². The third-order valence-corrected chi connectivity index (χ3v) is 7.56.